The van der Waals surface area contributed by atoms with Crippen molar-refractivity contribution < 1.29 is 117 Å². The minimum atomic E-state index is -2.11. The number of aliphatic hydroxyl groups excluding tert-OH is 2. The van der Waals surface area contributed by atoms with Gasteiger partial charge in [0.1, 0.15) is 96.1 Å². The van der Waals surface area contributed by atoms with E-state index in [1.165, 1.54) is 60.3 Å². The third-order valence-corrected chi connectivity index (χ3v) is 21.7. The number of carbonyl (C=O) groups is 18. The van der Waals surface area contributed by atoms with Gasteiger partial charge in [0.15, 0.2) is 11.9 Å². The quantitative estimate of drug-likeness (QED) is 0.0166. The number of hydrogen-bond donors (Lipinski definition) is 32. The molecular formula is C86H144N26O24S. The molecule has 0 bridgehead atoms. The van der Waals surface area contributed by atoms with E-state index in [1.54, 1.807) is 27.7 Å². The van der Waals surface area contributed by atoms with E-state index in [9.17, 15) is 117 Å². The summed E-state index contributed by atoms with van der Waals surface area (Å²) in [6.07, 6.45) is -2.12. The number of carboxylic acid groups (broad SMARTS) is 2. The Morgan fingerprint density at radius 2 is 0.715 bits per heavy atom. The van der Waals surface area contributed by atoms with E-state index in [2.05, 4.69) is 90.4 Å². The third kappa shape index (κ3) is 49.0. The normalized spacial score (nSPS) is 14.6. The van der Waals surface area contributed by atoms with Gasteiger partial charge in [-0.2, -0.15) is 11.8 Å². The van der Waals surface area contributed by atoms with Crippen LogP contribution < -0.4 is 131 Å². The summed E-state index contributed by atoms with van der Waals surface area (Å²) in [6, 6.07) is -13.3. The molecule has 50 nitrogen and oxygen atoms in total. The molecule has 0 aliphatic rings. The number of benzene rings is 2. The molecule has 0 heterocycles. The maximum atomic E-state index is 14.7. The molecule has 2 rings (SSSR count). The molecule has 0 saturated heterocycles. The van der Waals surface area contributed by atoms with Crippen molar-refractivity contribution in [1.82, 2.24) is 90.4 Å². The summed E-state index contributed by atoms with van der Waals surface area (Å²) in [5, 5.41) is 119. The maximum Gasteiger partial charge on any atom is 0.326 e. The lowest BCUT2D eigenvalue weighted by molar-refractivity contribution is -0.143. The number of hydrogen-bond acceptors (Lipinski definition) is 29. The number of thioether (sulfide) groups is 1. The SMILES string of the molecule is CSCC[C@H](N)C(=O)NCC(=O)N[C@@H](Cc1ccc(O)cc1)C(=O)N[C@@H](CCC(N)=O)C(=O)N[C@@H](CCCCN)C(=O)N[C@@H](CCCCN)C(=O)N[C@@H](CC(C)C)C(=O)N[C@@H](CCCNC(=N)N)C(=O)N[C@@H](CO)C(=O)N[C@@H](C)C(=O)N[C@H](C(=O)N[C@@H](CC(=O)O)C(=O)N[C@@H](CCCCN)C(=O)N[C@@H](Cc1ccc(O)cc1)C(=O)N[C@@H](CCCNC(=N)N)C(=O)N[C@@H](CC(C)C)C(=O)O)[C@@H](C)O. The van der Waals surface area contributed by atoms with E-state index in [0.717, 1.165) is 13.8 Å². The number of nitrogens with one attached hydrogen (secondary N) is 19. The molecule has 51 heteroatoms. The predicted molar refractivity (Wildman–Crippen MR) is 503 cm³/mol. The van der Waals surface area contributed by atoms with Crippen LogP contribution in [0.2, 0.25) is 0 Å². The van der Waals surface area contributed by atoms with Crippen LogP contribution in [0.25, 0.3) is 0 Å². The molecule has 2 aromatic rings. The number of guanidine groups is 2. The van der Waals surface area contributed by atoms with Crippen molar-refractivity contribution in [1.29, 1.82) is 10.8 Å². The number of phenolic OH excluding ortho intramolecular Hbond substituents is 2. The van der Waals surface area contributed by atoms with E-state index >= 15 is 0 Å². The first-order valence-electron chi connectivity index (χ1n) is 45.3. The summed E-state index contributed by atoms with van der Waals surface area (Å²) in [5.74, 6) is -21.0. The van der Waals surface area contributed by atoms with Crippen molar-refractivity contribution in [3.63, 3.8) is 0 Å². The van der Waals surface area contributed by atoms with Gasteiger partial charge in [0, 0.05) is 32.4 Å². The molecule has 137 heavy (non-hydrogen) atoms. The molecule has 768 valence electrons. The van der Waals surface area contributed by atoms with Gasteiger partial charge in [-0.1, -0.05) is 52.0 Å². The Morgan fingerprint density at radius 3 is 1.08 bits per heavy atom. The van der Waals surface area contributed by atoms with Gasteiger partial charge in [-0.05, 0) is 202 Å². The number of nitrogens with two attached hydrogens (primary N) is 7. The van der Waals surface area contributed by atoms with E-state index in [1.807, 2.05) is 6.26 Å². The van der Waals surface area contributed by atoms with Gasteiger partial charge in [0.05, 0.1) is 31.7 Å². The first kappa shape index (κ1) is 120. The molecule has 0 aliphatic heterocycles. The van der Waals surface area contributed by atoms with Gasteiger partial charge < -0.3 is 161 Å². The van der Waals surface area contributed by atoms with E-state index in [0.29, 0.717) is 36.1 Å². The largest absolute Gasteiger partial charge is 0.508 e. The summed E-state index contributed by atoms with van der Waals surface area (Å²) in [4.78, 5) is 250. The molecule has 0 aliphatic carbocycles. The van der Waals surface area contributed by atoms with Gasteiger partial charge in [0.25, 0.3) is 0 Å². The number of aliphatic carboxylic acids is 2. The fourth-order valence-electron chi connectivity index (χ4n) is 13.5. The van der Waals surface area contributed by atoms with E-state index in [4.69, 9.17) is 51.0 Å². The van der Waals surface area contributed by atoms with Gasteiger partial charge in [-0.15, -0.1) is 0 Å². The molecule has 0 radical (unpaired) electrons. The first-order chi connectivity index (χ1) is 64.7. The lowest BCUT2D eigenvalue weighted by atomic mass is 10.0. The van der Waals surface area contributed by atoms with Crippen LogP contribution in [0.3, 0.4) is 0 Å². The Morgan fingerprint density at radius 1 is 0.380 bits per heavy atom. The predicted octanol–water partition coefficient (Wildman–Crippen LogP) is -7.91. The van der Waals surface area contributed by atoms with Crippen LogP contribution in [0, 0.1) is 22.7 Å². The lowest BCUT2D eigenvalue weighted by Crippen LogP contribution is -2.62. The van der Waals surface area contributed by atoms with Gasteiger partial charge in [0.2, 0.25) is 94.5 Å². The fourth-order valence-corrected chi connectivity index (χ4v) is 14.0. The van der Waals surface area contributed by atoms with Crippen LogP contribution in [0.4, 0.5) is 0 Å². The number of aliphatic hydroxyl groups is 2. The van der Waals surface area contributed by atoms with Crippen LogP contribution in [0.15, 0.2) is 48.5 Å². The summed E-state index contributed by atoms with van der Waals surface area (Å²) < 4.78 is 0. The van der Waals surface area contributed by atoms with Crippen molar-refractivity contribution in [3.05, 3.63) is 59.7 Å². The van der Waals surface area contributed by atoms with Crippen molar-refractivity contribution in [2.75, 3.05) is 57.9 Å². The number of primary amides is 1. The molecule has 39 N–H and O–H groups in total. The minimum absolute atomic E-state index is 0.00347. The van der Waals surface area contributed by atoms with E-state index in [-0.39, 0.29) is 146 Å². The zero-order chi connectivity index (χ0) is 103. The van der Waals surface area contributed by atoms with Crippen LogP contribution >= 0.6 is 11.8 Å². The van der Waals surface area contributed by atoms with Gasteiger partial charge >= 0.3 is 11.9 Å². The number of rotatable bonds is 69. The second kappa shape index (κ2) is 65.0. The third-order valence-electron chi connectivity index (χ3n) is 21.0. The summed E-state index contributed by atoms with van der Waals surface area (Å²) >= 11 is 1.45. The van der Waals surface area contributed by atoms with Crippen LogP contribution in [-0.4, -0.2) is 304 Å². The molecule has 16 atom stereocenters. The van der Waals surface area contributed by atoms with Crippen LogP contribution in [-0.2, 0) is 99.1 Å². The average Bonchev–Trinajstić information content (AvgIpc) is 0.845. The smallest absolute Gasteiger partial charge is 0.326 e. The first-order valence-corrected chi connectivity index (χ1v) is 46.7. The molecule has 0 saturated carbocycles. The molecule has 0 unspecified atom stereocenters. The molecule has 2 aromatic carbocycles. The highest BCUT2D eigenvalue weighted by atomic mass is 32.2. The van der Waals surface area contributed by atoms with Crippen molar-refractivity contribution in [2.45, 2.75) is 273 Å². The number of carbonyl (C=O) groups excluding carboxylic acids is 16. The topological polar surface area (TPSA) is 863 Å². The standard InChI is InChI=1S/C86H144N26O24S/c1-45(2)38-60(107-73(124)55(17-9-12-33-88)101-72(123)54(16-8-11-32-87)102-77(128)59(29-30-66(91)117)106-79(130)61(40-49-21-25-51(115)26-22-49)100-67(118)43-98-71(122)53(90)31-37-137-7)78(129)104-58(20-15-36-97-86(94)95)76(127)111-65(44-113)82(133)99-47(5)70(121)112-69(48(6)114)83(134)109-63(42-68(119)120)81(132)103-56(18-10-13-34-89)74(125)108-62(41-50-23-27-52(116)28-24-50)80(131)105-57(19-14-35-96-85(92)93)75(126)110-64(84(135)136)39-46(3)4/h21-28,45-48,53-65,69,113-116H,8-20,29-44,87-90H2,1-7H3,(H2,91,117)(H,98,122)(H,99,133)(H,100,118)(H,101,123)(H,102,128)(H,103,132)(H,104,129)(H,105,131)(H,106,130)(H,107,124)(H,108,125)(H,109,134)(H,110,126)(H,111,127)(H,112,121)(H,119,120)(H,135,136)(H4,92,93,96)(H4,94,95,97)/t47-,48+,53-,54-,55-,56-,57-,58-,59-,60-,61-,62-,63-,64-,65-,69-/m0/s1. The molecule has 16 amide bonds. The van der Waals surface area contributed by atoms with Gasteiger partial charge in [-0.25, -0.2) is 4.79 Å². The molecule has 0 aromatic heterocycles. The monoisotopic (exact) mass is 1960 g/mol. The van der Waals surface area contributed by atoms with Crippen LogP contribution in [0.1, 0.15) is 175 Å². The number of aromatic hydroxyl groups is 2. The molecular weight excluding hydrogens is 1810 g/mol. The van der Waals surface area contributed by atoms with Crippen LogP contribution in [0.5, 0.6) is 11.5 Å². The maximum absolute atomic E-state index is 14.7. The van der Waals surface area contributed by atoms with Gasteiger partial charge in [-0.3, -0.25) is 92.3 Å². The Kier molecular flexibility index (Phi) is 57.0. The Hall–Kier alpha value is -12.8. The Labute approximate surface area is 798 Å². The second-order valence-corrected chi connectivity index (χ2v) is 34.8. The summed E-state index contributed by atoms with van der Waals surface area (Å²) in [5.41, 5.74) is 40.7. The van der Waals surface area contributed by atoms with Crippen molar-refractivity contribution in [3.8, 4) is 11.5 Å². The number of phenols is 2. The lowest BCUT2D eigenvalue weighted by Gasteiger charge is -2.29. The Bertz CT molecular complexity index is 4290. The molecule has 0 fully saturated rings. The minimum Gasteiger partial charge on any atom is -0.508 e. The van der Waals surface area contributed by atoms with Crippen molar-refractivity contribution >= 4 is 130 Å². The highest BCUT2D eigenvalue weighted by Gasteiger charge is 2.40. The summed E-state index contributed by atoms with van der Waals surface area (Å²) in [7, 11) is 0. The number of unbranched alkanes of at least 4 members (excludes halogenated alkanes) is 3. The fraction of sp³-hybridized carbons (Fsp3) is 0.628. The van der Waals surface area contributed by atoms with Crippen molar-refractivity contribution in [2.24, 2.45) is 52.0 Å². The number of amides is 16. The summed E-state index contributed by atoms with van der Waals surface area (Å²) in [6.45, 7) is 7.39. The average molecular weight is 1960 g/mol. The highest BCUT2D eigenvalue weighted by molar-refractivity contribution is 7.98. The molecule has 0 spiro atoms. The number of carboxylic acids is 2. The Balaban J connectivity index is 2.53. The highest BCUT2D eigenvalue weighted by Crippen LogP contribution is 2.18. The second-order valence-electron chi connectivity index (χ2n) is 33.8. The van der Waals surface area contributed by atoms with E-state index < -0.39 is 253 Å². The zero-order valence-corrected chi connectivity index (χ0v) is 79.3. The zero-order valence-electron chi connectivity index (χ0n) is 78.5.